The monoisotopic (exact) mass is 274 g/mol. The van der Waals surface area contributed by atoms with Gasteiger partial charge in [0, 0.05) is 23.4 Å². The van der Waals surface area contributed by atoms with E-state index in [0.717, 1.165) is 0 Å². The van der Waals surface area contributed by atoms with Gasteiger partial charge < -0.3 is 14.7 Å². The molecule has 0 aromatic rings. The third-order valence-electron chi connectivity index (χ3n) is 3.38. The van der Waals surface area contributed by atoms with E-state index in [-0.39, 0.29) is 32.7 Å². The maximum absolute atomic E-state index is 11.5. The van der Waals surface area contributed by atoms with Gasteiger partial charge in [-0.3, -0.25) is 14.9 Å². The van der Waals surface area contributed by atoms with E-state index in [2.05, 4.69) is 0 Å². The molecule has 1 N–H and O–H groups in total. The van der Waals surface area contributed by atoms with Crippen LogP contribution in [0.3, 0.4) is 0 Å². The molecule has 0 atom stereocenters. The second-order valence-corrected chi connectivity index (χ2v) is 4.74. The van der Waals surface area contributed by atoms with Crippen LogP contribution in [0.5, 0.6) is 0 Å². The van der Waals surface area contributed by atoms with Gasteiger partial charge in [-0.15, -0.1) is 0 Å². The Morgan fingerprint density at radius 3 is 2.42 bits per heavy atom. The van der Waals surface area contributed by atoms with Gasteiger partial charge in [-0.25, -0.2) is 4.79 Å². The van der Waals surface area contributed by atoms with Crippen LogP contribution in [0.15, 0.2) is 0 Å². The number of carbonyl (C=O) groups is 2. The average Bonchev–Trinajstić information content (AvgIpc) is 2.28. The SMILES string of the molecule is CCOC(=O)CC1(C[N+](=O)[O-])CCN(C(=O)O)CC1. The lowest BCUT2D eigenvalue weighted by Gasteiger charge is -2.37. The number of nitrogens with zero attached hydrogens (tertiary/aromatic N) is 2. The van der Waals surface area contributed by atoms with Crippen LogP contribution in [0.25, 0.3) is 0 Å². The number of ether oxygens (including phenoxy) is 1. The Hall–Kier alpha value is -1.86. The Labute approximate surface area is 110 Å². The minimum Gasteiger partial charge on any atom is -0.466 e. The smallest absolute Gasteiger partial charge is 0.407 e. The molecule has 1 aliphatic heterocycles. The minimum atomic E-state index is -1.04. The van der Waals surface area contributed by atoms with E-state index in [1.807, 2.05) is 0 Å². The van der Waals surface area contributed by atoms with E-state index >= 15 is 0 Å². The van der Waals surface area contributed by atoms with E-state index in [9.17, 15) is 19.7 Å². The zero-order chi connectivity index (χ0) is 14.5. The van der Waals surface area contributed by atoms with Gasteiger partial charge >= 0.3 is 12.1 Å². The van der Waals surface area contributed by atoms with Crippen LogP contribution in [-0.4, -0.2) is 53.2 Å². The van der Waals surface area contributed by atoms with Crippen LogP contribution in [0, 0.1) is 15.5 Å². The maximum atomic E-state index is 11.5. The highest BCUT2D eigenvalue weighted by molar-refractivity contribution is 5.70. The second kappa shape index (κ2) is 6.35. The van der Waals surface area contributed by atoms with Crippen molar-refractivity contribution in [2.45, 2.75) is 26.2 Å². The van der Waals surface area contributed by atoms with E-state index in [1.165, 1.54) is 4.90 Å². The Morgan fingerprint density at radius 1 is 1.42 bits per heavy atom. The molecule has 8 nitrogen and oxygen atoms in total. The molecule has 0 aliphatic carbocycles. The van der Waals surface area contributed by atoms with Crippen molar-refractivity contribution in [2.75, 3.05) is 26.2 Å². The van der Waals surface area contributed by atoms with Gasteiger partial charge in [0.15, 0.2) is 0 Å². The number of carboxylic acid groups (broad SMARTS) is 1. The van der Waals surface area contributed by atoms with Crippen molar-refractivity contribution in [1.82, 2.24) is 4.90 Å². The maximum Gasteiger partial charge on any atom is 0.407 e. The Morgan fingerprint density at radius 2 is 2.00 bits per heavy atom. The number of hydrogen-bond acceptors (Lipinski definition) is 5. The molecule has 1 fully saturated rings. The molecule has 0 radical (unpaired) electrons. The van der Waals surface area contributed by atoms with E-state index < -0.39 is 22.4 Å². The van der Waals surface area contributed by atoms with E-state index in [4.69, 9.17) is 9.84 Å². The third-order valence-corrected chi connectivity index (χ3v) is 3.38. The average molecular weight is 274 g/mol. The van der Waals surface area contributed by atoms with Crippen LogP contribution in [0.2, 0.25) is 0 Å². The van der Waals surface area contributed by atoms with Crippen molar-refractivity contribution < 1.29 is 24.4 Å². The van der Waals surface area contributed by atoms with Gasteiger partial charge in [-0.2, -0.15) is 0 Å². The molecule has 0 spiro atoms. The zero-order valence-electron chi connectivity index (χ0n) is 10.8. The van der Waals surface area contributed by atoms with Crippen molar-refractivity contribution in [1.29, 1.82) is 0 Å². The number of rotatable bonds is 5. The first kappa shape index (κ1) is 15.2. The third kappa shape index (κ3) is 4.38. The van der Waals surface area contributed by atoms with Gasteiger partial charge in [-0.05, 0) is 19.8 Å². The summed E-state index contributed by atoms with van der Waals surface area (Å²) in [4.78, 5) is 33.9. The fourth-order valence-electron chi connectivity index (χ4n) is 2.36. The second-order valence-electron chi connectivity index (χ2n) is 4.74. The first-order valence-electron chi connectivity index (χ1n) is 6.14. The van der Waals surface area contributed by atoms with Crippen LogP contribution < -0.4 is 0 Å². The lowest BCUT2D eigenvalue weighted by atomic mass is 9.75. The van der Waals surface area contributed by atoms with Crippen molar-refractivity contribution >= 4 is 12.1 Å². The predicted octanol–water partition coefficient (Wildman–Crippen LogP) is 0.976. The molecule has 8 heteroatoms. The summed E-state index contributed by atoms with van der Waals surface area (Å²) in [5, 5.41) is 19.6. The lowest BCUT2D eigenvalue weighted by Crippen LogP contribution is -2.46. The molecule has 1 aliphatic rings. The van der Waals surface area contributed by atoms with Crippen LogP contribution in [0.4, 0.5) is 4.79 Å². The molecule has 0 bridgehead atoms. The summed E-state index contributed by atoms with van der Waals surface area (Å²) < 4.78 is 4.83. The molecule has 0 unspecified atom stereocenters. The lowest BCUT2D eigenvalue weighted by molar-refractivity contribution is -0.499. The number of likely N-dealkylation sites (tertiary alicyclic amines) is 1. The summed E-state index contributed by atoms with van der Waals surface area (Å²) in [5.41, 5.74) is -0.790. The van der Waals surface area contributed by atoms with Gasteiger partial charge in [-0.1, -0.05) is 0 Å². The highest BCUT2D eigenvalue weighted by atomic mass is 16.6. The highest BCUT2D eigenvalue weighted by Crippen LogP contribution is 2.35. The molecule has 1 amide bonds. The molecule has 19 heavy (non-hydrogen) atoms. The topological polar surface area (TPSA) is 110 Å². The Kier molecular flexibility index (Phi) is 5.08. The number of hydrogen-bond donors (Lipinski definition) is 1. The number of nitro groups is 1. The van der Waals surface area contributed by atoms with Crippen LogP contribution in [-0.2, 0) is 9.53 Å². The molecule has 0 aromatic carbocycles. The molecule has 1 saturated heterocycles. The standard InChI is InChI=1S/C11H18N2O6/c1-2-19-9(14)7-11(8-13(17)18)3-5-12(6-4-11)10(15)16/h2-8H2,1H3,(H,15,16). The summed E-state index contributed by atoms with van der Waals surface area (Å²) in [6.45, 7) is 1.99. The fourth-order valence-corrected chi connectivity index (χ4v) is 2.36. The molecule has 1 rings (SSSR count). The number of carbonyl (C=O) groups excluding carboxylic acids is 1. The van der Waals surface area contributed by atoms with Gasteiger partial charge in [0.05, 0.1) is 13.0 Å². The van der Waals surface area contributed by atoms with Gasteiger partial charge in [0.1, 0.15) is 0 Å². The first-order chi connectivity index (χ1) is 8.88. The minimum absolute atomic E-state index is 0.0325. The van der Waals surface area contributed by atoms with Crippen molar-refractivity contribution in [3.63, 3.8) is 0 Å². The molecule has 108 valence electrons. The van der Waals surface area contributed by atoms with Gasteiger partial charge in [0.25, 0.3) is 0 Å². The first-order valence-corrected chi connectivity index (χ1v) is 6.14. The number of esters is 1. The summed E-state index contributed by atoms with van der Waals surface area (Å²) in [6.07, 6.45) is -0.459. The number of piperidine rings is 1. The van der Waals surface area contributed by atoms with Gasteiger partial charge in [0.2, 0.25) is 6.54 Å². The number of amides is 1. The van der Waals surface area contributed by atoms with Crippen molar-refractivity contribution in [2.24, 2.45) is 5.41 Å². The summed E-state index contributed by atoms with van der Waals surface area (Å²) in [6, 6.07) is 0. The fraction of sp³-hybridized carbons (Fsp3) is 0.818. The summed E-state index contributed by atoms with van der Waals surface area (Å²) in [7, 11) is 0. The van der Waals surface area contributed by atoms with Crippen LogP contribution in [0.1, 0.15) is 26.2 Å². The van der Waals surface area contributed by atoms with E-state index in [1.54, 1.807) is 6.92 Å². The normalized spacial score (nSPS) is 17.8. The van der Waals surface area contributed by atoms with Crippen LogP contribution >= 0.6 is 0 Å². The molecule has 1 heterocycles. The quantitative estimate of drug-likeness (QED) is 0.454. The summed E-state index contributed by atoms with van der Waals surface area (Å²) in [5.74, 6) is -0.465. The molecule has 0 saturated carbocycles. The highest BCUT2D eigenvalue weighted by Gasteiger charge is 2.42. The molecule has 0 aromatic heterocycles. The van der Waals surface area contributed by atoms with Crippen molar-refractivity contribution in [3.05, 3.63) is 10.1 Å². The summed E-state index contributed by atoms with van der Waals surface area (Å²) >= 11 is 0. The van der Waals surface area contributed by atoms with Crippen molar-refractivity contribution in [3.8, 4) is 0 Å². The Bertz CT molecular complexity index is 362. The largest absolute Gasteiger partial charge is 0.466 e. The zero-order valence-corrected chi connectivity index (χ0v) is 10.8. The Balaban J connectivity index is 2.70. The van der Waals surface area contributed by atoms with E-state index in [0.29, 0.717) is 12.8 Å². The predicted molar refractivity (Wildman–Crippen MR) is 64.4 cm³/mol. The molecular weight excluding hydrogens is 256 g/mol. The molecular formula is C11H18N2O6.